The van der Waals surface area contributed by atoms with Crippen LogP contribution in [0.1, 0.15) is 21.7 Å². The summed E-state index contributed by atoms with van der Waals surface area (Å²) in [5.74, 6) is -0.170. The first kappa shape index (κ1) is 13.1. The molecule has 0 radical (unpaired) electrons. The molecule has 0 bridgehead atoms. The third kappa shape index (κ3) is 3.34. The number of methoxy groups -OCH3 is 1. The van der Waals surface area contributed by atoms with Gasteiger partial charge in [0.25, 0.3) is 0 Å². The van der Waals surface area contributed by atoms with E-state index in [0.29, 0.717) is 23.6 Å². The van der Waals surface area contributed by atoms with Crippen LogP contribution >= 0.6 is 0 Å². The topological polar surface area (TPSA) is 51.5 Å². The quantitative estimate of drug-likeness (QED) is 0.861. The van der Waals surface area contributed by atoms with Crippen LogP contribution in [0.15, 0.2) is 34.9 Å². The minimum atomic E-state index is -0.448. The van der Waals surface area contributed by atoms with E-state index in [-0.39, 0.29) is 5.82 Å². The monoisotopic (exact) mass is 263 g/mol. The molecule has 4 nitrogen and oxygen atoms in total. The maximum Gasteiger partial charge on any atom is 0.341 e. The van der Waals surface area contributed by atoms with Crippen LogP contribution in [0.3, 0.4) is 0 Å². The Hall–Kier alpha value is -2.30. The SMILES string of the molecule is COC(=O)c1coc(CNc2cc(C)cc(F)c2)c1. The van der Waals surface area contributed by atoms with Gasteiger partial charge in [-0.15, -0.1) is 0 Å². The molecule has 1 heterocycles. The van der Waals surface area contributed by atoms with Crippen LogP contribution in [0.2, 0.25) is 0 Å². The van der Waals surface area contributed by atoms with Gasteiger partial charge in [-0.1, -0.05) is 0 Å². The normalized spacial score (nSPS) is 10.3. The minimum Gasteiger partial charge on any atom is -0.467 e. The van der Waals surface area contributed by atoms with Crippen LogP contribution in [0, 0.1) is 12.7 Å². The number of furan rings is 1. The van der Waals surface area contributed by atoms with Gasteiger partial charge in [0.05, 0.1) is 19.2 Å². The van der Waals surface area contributed by atoms with E-state index in [1.165, 1.54) is 25.5 Å². The van der Waals surface area contributed by atoms with Crippen LogP contribution in [-0.2, 0) is 11.3 Å². The Bertz CT molecular complexity index is 572. The van der Waals surface area contributed by atoms with Crippen molar-refractivity contribution in [3.8, 4) is 0 Å². The highest BCUT2D eigenvalue weighted by atomic mass is 19.1. The van der Waals surface area contributed by atoms with Crippen molar-refractivity contribution in [3.05, 3.63) is 53.2 Å². The van der Waals surface area contributed by atoms with E-state index in [4.69, 9.17) is 4.42 Å². The largest absolute Gasteiger partial charge is 0.467 e. The molecule has 0 aliphatic rings. The van der Waals surface area contributed by atoms with Crippen LogP contribution in [0.5, 0.6) is 0 Å². The Morgan fingerprint density at radius 1 is 1.37 bits per heavy atom. The first-order valence-corrected chi connectivity index (χ1v) is 5.75. The van der Waals surface area contributed by atoms with Gasteiger partial charge in [0, 0.05) is 5.69 Å². The summed E-state index contributed by atoms with van der Waals surface area (Å²) in [6, 6.07) is 6.27. The molecule has 5 heteroatoms. The molecule has 2 aromatic rings. The minimum absolute atomic E-state index is 0.294. The number of anilines is 1. The number of nitrogens with one attached hydrogen (secondary N) is 1. The van der Waals surface area contributed by atoms with Crippen LogP contribution < -0.4 is 5.32 Å². The molecule has 0 aliphatic carbocycles. The Morgan fingerprint density at radius 2 is 2.16 bits per heavy atom. The summed E-state index contributed by atoms with van der Waals surface area (Å²) in [6.45, 7) is 2.18. The second-order valence-electron chi connectivity index (χ2n) is 4.16. The molecule has 0 saturated heterocycles. The predicted molar refractivity (Wildman–Crippen MR) is 68.5 cm³/mol. The molecule has 0 atom stereocenters. The summed E-state index contributed by atoms with van der Waals surface area (Å²) in [6.07, 6.45) is 1.33. The van der Waals surface area contributed by atoms with Crippen LogP contribution in [-0.4, -0.2) is 13.1 Å². The summed E-state index contributed by atoms with van der Waals surface area (Å²) in [4.78, 5) is 11.2. The summed E-state index contributed by atoms with van der Waals surface area (Å²) in [5, 5.41) is 3.03. The van der Waals surface area contributed by atoms with Crippen molar-refractivity contribution in [1.29, 1.82) is 0 Å². The molecule has 2 rings (SSSR count). The van der Waals surface area contributed by atoms with E-state index < -0.39 is 5.97 Å². The Balaban J connectivity index is 2.02. The average molecular weight is 263 g/mol. The zero-order chi connectivity index (χ0) is 13.8. The number of hydrogen-bond acceptors (Lipinski definition) is 4. The lowest BCUT2D eigenvalue weighted by atomic mass is 10.2. The summed E-state index contributed by atoms with van der Waals surface area (Å²) >= 11 is 0. The smallest absolute Gasteiger partial charge is 0.341 e. The van der Waals surface area contributed by atoms with Crippen molar-refractivity contribution < 1.29 is 18.3 Å². The van der Waals surface area contributed by atoms with E-state index >= 15 is 0 Å². The van der Waals surface area contributed by atoms with E-state index in [1.807, 2.05) is 13.0 Å². The van der Waals surface area contributed by atoms with Crippen molar-refractivity contribution in [2.75, 3.05) is 12.4 Å². The summed E-state index contributed by atoms with van der Waals surface area (Å²) in [5.41, 5.74) is 1.85. The molecule has 1 aromatic heterocycles. The van der Waals surface area contributed by atoms with Gasteiger partial charge in [0.2, 0.25) is 0 Å². The molecule has 1 N–H and O–H groups in total. The highest BCUT2D eigenvalue weighted by molar-refractivity contribution is 5.88. The number of hydrogen-bond donors (Lipinski definition) is 1. The lowest BCUT2D eigenvalue weighted by Crippen LogP contribution is -2.00. The Kier molecular flexibility index (Phi) is 3.85. The predicted octanol–water partition coefficient (Wildman–Crippen LogP) is 3.13. The van der Waals surface area contributed by atoms with E-state index in [0.717, 1.165) is 5.56 Å². The van der Waals surface area contributed by atoms with Crippen molar-refractivity contribution in [1.82, 2.24) is 0 Å². The first-order valence-electron chi connectivity index (χ1n) is 5.75. The third-order valence-electron chi connectivity index (χ3n) is 2.58. The zero-order valence-corrected chi connectivity index (χ0v) is 10.7. The van der Waals surface area contributed by atoms with Gasteiger partial charge in [0.1, 0.15) is 17.8 Å². The molecule has 0 unspecified atom stereocenters. The second-order valence-corrected chi connectivity index (χ2v) is 4.16. The Labute approximate surface area is 110 Å². The molecule has 0 fully saturated rings. The number of halogens is 1. The molecule has 0 spiro atoms. The maximum absolute atomic E-state index is 13.2. The maximum atomic E-state index is 13.2. The fraction of sp³-hybridized carbons (Fsp3) is 0.214. The molecular formula is C14H14FNO3. The zero-order valence-electron chi connectivity index (χ0n) is 10.7. The molecule has 0 aliphatic heterocycles. The molecule has 19 heavy (non-hydrogen) atoms. The van der Waals surface area contributed by atoms with Crippen LogP contribution in [0.4, 0.5) is 10.1 Å². The molecule has 100 valence electrons. The first-order chi connectivity index (χ1) is 9.08. The summed E-state index contributed by atoms with van der Waals surface area (Å²) < 4.78 is 23.0. The lowest BCUT2D eigenvalue weighted by molar-refractivity contribution is 0.0600. The fourth-order valence-corrected chi connectivity index (χ4v) is 1.73. The Morgan fingerprint density at radius 3 is 2.84 bits per heavy atom. The standard InChI is InChI=1S/C14H14FNO3/c1-9-3-11(15)6-12(4-9)16-7-13-5-10(8-19-13)14(17)18-2/h3-6,8,16H,7H2,1-2H3. The van der Waals surface area contributed by atoms with E-state index in [1.54, 1.807) is 6.07 Å². The number of ether oxygens (including phenoxy) is 1. The van der Waals surface area contributed by atoms with Crippen molar-refractivity contribution in [2.45, 2.75) is 13.5 Å². The van der Waals surface area contributed by atoms with Gasteiger partial charge in [-0.05, 0) is 36.8 Å². The molecule has 1 aromatic carbocycles. The lowest BCUT2D eigenvalue weighted by Gasteiger charge is -2.05. The summed E-state index contributed by atoms with van der Waals surface area (Å²) in [7, 11) is 1.31. The average Bonchev–Trinajstić information content (AvgIpc) is 2.83. The van der Waals surface area contributed by atoms with E-state index in [2.05, 4.69) is 10.1 Å². The van der Waals surface area contributed by atoms with Gasteiger partial charge in [-0.25, -0.2) is 9.18 Å². The van der Waals surface area contributed by atoms with Gasteiger partial charge in [-0.3, -0.25) is 0 Å². The molecule has 0 saturated carbocycles. The van der Waals surface area contributed by atoms with Gasteiger partial charge < -0.3 is 14.5 Å². The number of aryl methyl sites for hydroxylation is 1. The number of rotatable bonds is 4. The number of benzene rings is 1. The van der Waals surface area contributed by atoms with Crippen LogP contribution in [0.25, 0.3) is 0 Å². The molecule has 0 amide bonds. The second kappa shape index (κ2) is 5.56. The highest BCUT2D eigenvalue weighted by Gasteiger charge is 2.09. The van der Waals surface area contributed by atoms with Gasteiger partial charge in [0.15, 0.2) is 0 Å². The van der Waals surface area contributed by atoms with Gasteiger partial charge >= 0.3 is 5.97 Å². The number of carbonyl (C=O) groups excluding carboxylic acids is 1. The molecular weight excluding hydrogens is 249 g/mol. The van der Waals surface area contributed by atoms with E-state index in [9.17, 15) is 9.18 Å². The van der Waals surface area contributed by atoms with Crippen molar-refractivity contribution >= 4 is 11.7 Å². The third-order valence-corrected chi connectivity index (χ3v) is 2.58. The number of carbonyl (C=O) groups is 1. The van der Waals surface area contributed by atoms with Gasteiger partial charge in [-0.2, -0.15) is 0 Å². The van der Waals surface area contributed by atoms with Crippen molar-refractivity contribution in [2.24, 2.45) is 0 Å². The van der Waals surface area contributed by atoms with Crippen molar-refractivity contribution in [3.63, 3.8) is 0 Å². The fourth-order valence-electron chi connectivity index (χ4n) is 1.73. The highest BCUT2D eigenvalue weighted by Crippen LogP contribution is 2.15. The number of esters is 1.